The molecule has 0 amide bonds. The van der Waals surface area contributed by atoms with Crippen molar-refractivity contribution in [3.05, 3.63) is 28.9 Å². The summed E-state index contributed by atoms with van der Waals surface area (Å²) in [5.74, 6) is 0.970. The van der Waals surface area contributed by atoms with Crippen molar-refractivity contribution in [1.82, 2.24) is 15.3 Å². The van der Waals surface area contributed by atoms with E-state index in [4.69, 9.17) is 0 Å². The summed E-state index contributed by atoms with van der Waals surface area (Å²) in [5.41, 5.74) is 3.84. The topological polar surface area (TPSA) is 49.8 Å². The molecule has 0 aromatic carbocycles. The highest BCUT2D eigenvalue weighted by molar-refractivity contribution is 7.18. The molecule has 100 valence electrons. The summed E-state index contributed by atoms with van der Waals surface area (Å²) >= 11 is 1.71. The minimum Gasteiger partial charge on any atom is -0.368 e. The maximum atomic E-state index is 4.36. The molecule has 0 radical (unpaired) electrons. The Labute approximate surface area is 117 Å². The number of anilines is 1. The molecule has 3 heterocycles. The summed E-state index contributed by atoms with van der Waals surface area (Å²) in [6, 6.07) is 0. The van der Waals surface area contributed by atoms with Crippen LogP contribution in [0.15, 0.2) is 23.4 Å². The Bertz CT molecular complexity index is 603. The van der Waals surface area contributed by atoms with Crippen LogP contribution in [0.4, 0.5) is 5.82 Å². The van der Waals surface area contributed by atoms with E-state index < -0.39 is 0 Å². The minimum atomic E-state index is 0.939. The Balaban J connectivity index is 1.66. The molecule has 0 saturated heterocycles. The van der Waals surface area contributed by atoms with E-state index in [0.29, 0.717) is 0 Å². The van der Waals surface area contributed by atoms with Gasteiger partial charge >= 0.3 is 0 Å². The van der Waals surface area contributed by atoms with Crippen LogP contribution in [0.2, 0.25) is 0 Å². The van der Waals surface area contributed by atoms with E-state index in [1.165, 1.54) is 16.7 Å². The molecule has 0 aliphatic carbocycles. The quantitative estimate of drug-likeness (QED) is 0.842. The van der Waals surface area contributed by atoms with Gasteiger partial charge in [0.2, 0.25) is 0 Å². The number of fused-ring (bicyclic) bond motifs is 1. The lowest BCUT2D eigenvalue weighted by molar-refractivity contribution is 0.683. The molecule has 0 fully saturated rings. The van der Waals surface area contributed by atoms with Crippen LogP contribution in [0.1, 0.15) is 18.4 Å². The first-order valence-corrected chi connectivity index (χ1v) is 7.54. The van der Waals surface area contributed by atoms with Gasteiger partial charge in [0.1, 0.15) is 12.1 Å². The average Bonchev–Trinajstić information content (AvgIpc) is 2.83. The molecule has 0 saturated carbocycles. The number of nitrogens with one attached hydrogen (secondary N) is 2. The highest BCUT2D eigenvalue weighted by atomic mass is 32.1. The SMILES string of the molecule is Cc1csc2c(NCCC3=CCNCC3)ncnc12. The molecule has 2 aromatic heterocycles. The number of hydrogen-bond donors (Lipinski definition) is 2. The Morgan fingerprint density at radius 1 is 1.42 bits per heavy atom. The van der Waals surface area contributed by atoms with Crippen LogP contribution in [0.25, 0.3) is 10.2 Å². The lowest BCUT2D eigenvalue weighted by Gasteiger charge is -2.14. The second-order valence-corrected chi connectivity index (χ2v) is 5.69. The third-order valence-corrected chi connectivity index (χ3v) is 4.52. The number of rotatable bonds is 4. The van der Waals surface area contributed by atoms with E-state index in [1.807, 2.05) is 0 Å². The summed E-state index contributed by atoms with van der Waals surface area (Å²) in [7, 11) is 0. The van der Waals surface area contributed by atoms with Gasteiger partial charge in [-0.15, -0.1) is 11.3 Å². The van der Waals surface area contributed by atoms with Gasteiger partial charge in [0.15, 0.2) is 0 Å². The molecule has 1 aliphatic rings. The highest BCUT2D eigenvalue weighted by Gasteiger charge is 2.08. The molecule has 4 nitrogen and oxygen atoms in total. The van der Waals surface area contributed by atoms with Gasteiger partial charge < -0.3 is 10.6 Å². The van der Waals surface area contributed by atoms with E-state index in [2.05, 4.69) is 39.0 Å². The molecule has 0 bridgehead atoms. The molecular weight excluding hydrogens is 256 g/mol. The summed E-state index contributed by atoms with van der Waals surface area (Å²) in [5, 5.41) is 8.92. The fourth-order valence-corrected chi connectivity index (χ4v) is 3.30. The number of thiophene rings is 1. The van der Waals surface area contributed by atoms with Crippen LogP contribution in [-0.4, -0.2) is 29.6 Å². The second kappa shape index (κ2) is 5.67. The standard InChI is InChI=1S/C14H18N4S/c1-10-8-19-13-12(10)17-9-18-14(13)16-7-4-11-2-5-15-6-3-11/h2,8-9,15H,3-7H2,1H3,(H,16,17,18). The van der Waals surface area contributed by atoms with Crippen molar-refractivity contribution in [3.63, 3.8) is 0 Å². The average molecular weight is 274 g/mol. The lowest BCUT2D eigenvalue weighted by atomic mass is 10.1. The van der Waals surface area contributed by atoms with Crippen LogP contribution in [0.5, 0.6) is 0 Å². The van der Waals surface area contributed by atoms with Crippen LogP contribution < -0.4 is 10.6 Å². The van der Waals surface area contributed by atoms with Gasteiger partial charge in [0.25, 0.3) is 0 Å². The van der Waals surface area contributed by atoms with E-state index in [0.717, 1.165) is 37.4 Å². The molecule has 2 aromatic rings. The fourth-order valence-electron chi connectivity index (χ4n) is 2.33. The Hall–Kier alpha value is -1.46. The van der Waals surface area contributed by atoms with E-state index in [1.54, 1.807) is 23.2 Å². The molecule has 0 spiro atoms. The van der Waals surface area contributed by atoms with Gasteiger partial charge in [-0.2, -0.15) is 0 Å². The minimum absolute atomic E-state index is 0.939. The Morgan fingerprint density at radius 2 is 2.37 bits per heavy atom. The van der Waals surface area contributed by atoms with Crippen molar-refractivity contribution in [2.24, 2.45) is 0 Å². The second-order valence-electron chi connectivity index (χ2n) is 4.81. The zero-order valence-corrected chi connectivity index (χ0v) is 11.9. The van der Waals surface area contributed by atoms with E-state index >= 15 is 0 Å². The number of aryl methyl sites for hydroxylation is 1. The predicted octanol–water partition coefficient (Wildman–Crippen LogP) is 2.72. The normalized spacial score (nSPS) is 15.5. The first-order chi connectivity index (χ1) is 9.34. The van der Waals surface area contributed by atoms with Gasteiger partial charge in [-0.25, -0.2) is 9.97 Å². The van der Waals surface area contributed by atoms with E-state index in [-0.39, 0.29) is 0 Å². The van der Waals surface area contributed by atoms with Gasteiger partial charge in [-0.05, 0) is 37.3 Å². The zero-order chi connectivity index (χ0) is 13.1. The first kappa shape index (κ1) is 12.6. The third-order valence-electron chi connectivity index (χ3n) is 3.43. The molecule has 5 heteroatoms. The van der Waals surface area contributed by atoms with Crippen molar-refractivity contribution < 1.29 is 0 Å². The van der Waals surface area contributed by atoms with Crippen molar-refractivity contribution in [2.75, 3.05) is 25.0 Å². The number of aromatic nitrogens is 2. The predicted molar refractivity (Wildman–Crippen MR) is 80.8 cm³/mol. The van der Waals surface area contributed by atoms with Crippen LogP contribution in [0.3, 0.4) is 0 Å². The van der Waals surface area contributed by atoms with Crippen LogP contribution >= 0.6 is 11.3 Å². The first-order valence-electron chi connectivity index (χ1n) is 6.66. The Kier molecular flexibility index (Phi) is 3.75. The smallest absolute Gasteiger partial charge is 0.147 e. The number of nitrogens with zero attached hydrogens (tertiary/aromatic N) is 2. The van der Waals surface area contributed by atoms with Gasteiger partial charge in [0, 0.05) is 13.1 Å². The molecular formula is C14H18N4S. The van der Waals surface area contributed by atoms with Crippen molar-refractivity contribution >= 4 is 27.4 Å². The molecule has 0 unspecified atom stereocenters. The monoisotopic (exact) mass is 274 g/mol. The molecule has 2 N–H and O–H groups in total. The summed E-state index contributed by atoms with van der Waals surface area (Å²) < 4.78 is 1.17. The van der Waals surface area contributed by atoms with Crippen LogP contribution in [0, 0.1) is 6.92 Å². The van der Waals surface area contributed by atoms with Crippen molar-refractivity contribution in [1.29, 1.82) is 0 Å². The van der Waals surface area contributed by atoms with Crippen molar-refractivity contribution in [3.8, 4) is 0 Å². The van der Waals surface area contributed by atoms with Gasteiger partial charge in [-0.1, -0.05) is 11.6 Å². The molecule has 3 rings (SSSR count). The van der Waals surface area contributed by atoms with Gasteiger partial charge in [-0.3, -0.25) is 0 Å². The molecule has 0 atom stereocenters. The van der Waals surface area contributed by atoms with Gasteiger partial charge in [0.05, 0.1) is 10.2 Å². The maximum absolute atomic E-state index is 4.36. The molecule has 19 heavy (non-hydrogen) atoms. The highest BCUT2D eigenvalue weighted by Crippen LogP contribution is 2.28. The van der Waals surface area contributed by atoms with Crippen molar-refractivity contribution in [2.45, 2.75) is 19.8 Å². The fraction of sp³-hybridized carbons (Fsp3) is 0.429. The van der Waals surface area contributed by atoms with E-state index in [9.17, 15) is 0 Å². The number of hydrogen-bond acceptors (Lipinski definition) is 5. The maximum Gasteiger partial charge on any atom is 0.147 e. The Morgan fingerprint density at radius 3 is 3.21 bits per heavy atom. The third kappa shape index (κ3) is 2.77. The zero-order valence-electron chi connectivity index (χ0n) is 11.1. The summed E-state index contributed by atoms with van der Waals surface area (Å²) in [6.45, 7) is 5.15. The van der Waals surface area contributed by atoms with Crippen LogP contribution in [-0.2, 0) is 0 Å². The summed E-state index contributed by atoms with van der Waals surface area (Å²) in [4.78, 5) is 8.70. The largest absolute Gasteiger partial charge is 0.368 e. The molecule has 1 aliphatic heterocycles. The lowest BCUT2D eigenvalue weighted by Crippen LogP contribution is -2.21. The summed E-state index contributed by atoms with van der Waals surface area (Å²) in [6.07, 6.45) is 6.21.